The van der Waals surface area contributed by atoms with Gasteiger partial charge in [0.25, 0.3) is 0 Å². The van der Waals surface area contributed by atoms with E-state index < -0.39 is 11.2 Å². The number of rotatable bonds is 10. The summed E-state index contributed by atoms with van der Waals surface area (Å²) in [5.74, 6) is 0.521. The monoisotopic (exact) mass is 496 g/mol. The maximum Gasteiger partial charge on any atom is 0.349 e. The van der Waals surface area contributed by atoms with Crippen molar-refractivity contribution < 1.29 is 28.5 Å². The standard InChI is InChI=1S/C30H40O6/c1-7-28(3,26(31)33-5)35-24-16-12-22(13-17-24)30(20-10-9-11-21-30)23-14-18-25(19-15-23)36-29(4,8-2)27(32)34-6/h12-19H,7-11,20-21H2,1-6H3. The Balaban J connectivity index is 1.88. The van der Waals surface area contributed by atoms with Crippen molar-refractivity contribution in [1.29, 1.82) is 0 Å². The van der Waals surface area contributed by atoms with Gasteiger partial charge in [-0.3, -0.25) is 0 Å². The van der Waals surface area contributed by atoms with Crippen molar-refractivity contribution in [2.45, 2.75) is 89.3 Å². The second-order valence-electron chi connectivity index (χ2n) is 10.0. The van der Waals surface area contributed by atoms with Gasteiger partial charge >= 0.3 is 11.9 Å². The van der Waals surface area contributed by atoms with Crippen molar-refractivity contribution in [3.05, 3.63) is 59.7 Å². The fourth-order valence-electron chi connectivity index (χ4n) is 5.05. The van der Waals surface area contributed by atoms with Crippen LogP contribution >= 0.6 is 0 Å². The molecule has 1 saturated carbocycles. The number of carbonyl (C=O) groups excluding carboxylic acids is 2. The lowest BCUT2D eigenvalue weighted by Crippen LogP contribution is -2.41. The highest BCUT2D eigenvalue weighted by atomic mass is 16.6. The van der Waals surface area contributed by atoms with Gasteiger partial charge in [-0.25, -0.2) is 9.59 Å². The molecular weight excluding hydrogens is 456 g/mol. The summed E-state index contributed by atoms with van der Waals surface area (Å²) in [7, 11) is 2.76. The van der Waals surface area contributed by atoms with E-state index in [4.69, 9.17) is 18.9 Å². The summed E-state index contributed by atoms with van der Waals surface area (Å²) in [5, 5.41) is 0. The molecule has 196 valence electrons. The van der Waals surface area contributed by atoms with Gasteiger partial charge in [0, 0.05) is 5.41 Å². The van der Waals surface area contributed by atoms with Crippen LogP contribution in [0.4, 0.5) is 0 Å². The Labute approximate surface area is 215 Å². The Morgan fingerprint density at radius 1 is 0.694 bits per heavy atom. The van der Waals surface area contributed by atoms with E-state index in [1.54, 1.807) is 13.8 Å². The summed E-state index contributed by atoms with van der Waals surface area (Å²) in [6.07, 6.45) is 6.66. The average molecular weight is 497 g/mol. The van der Waals surface area contributed by atoms with Crippen molar-refractivity contribution >= 4 is 11.9 Å². The van der Waals surface area contributed by atoms with E-state index >= 15 is 0 Å². The van der Waals surface area contributed by atoms with Crippen LogP contribution in [0.25, 0.3) is 0 Å². The minimum Gasteiger partial charge on any atom is -0.476 e. The average Bonchev–Trinajstić information content (AvgIpc) is 2.93. The number of hydrogen-bond acceptors (Lipinski definition) is 6. The molecule has 0 spiro atoms. The Morgan fingerprint density at radius 2 is 1.06 bits per heavy atom. The minimum absolute atomic E-state index is 0.109. The molecule has 0 saturated heterocycles. The van der Waals surface area contributed by atoms with Crippen LogP contribution < -0.4 is 9.47 Å². The maximum atomic E-state index is 12.2. The van der Waals surface area contributed by atoms with Gasteiger partial charge in [0.1, 0.15) is 11.5 Å². The zero-order chi connectivity index (χ0) is 26.4. The highest BCUT2D eigenvalue weighted by Gasteiger charge is 2.38. The zero-order valence-electron chi connectivity index (χ0n) is 22.5. The molecule has 1 aliphatic carbocycles. The number of methoxy groups -OCH3 is 2. The largest absolute Gasteiger partial charge is 0.476 e. The maximum absolute atomic E-state index is 12.2. The predicted molar refractivity (Wildman–Crippen MR) is 139 cm³/mol. The van der Waals surface area contributed by atoms with E-state index in [1.165, 1.54) is 31.8 Å². The molecule has 36 heavy (non-hydrogen) atoms. The summed E-state index contributed by atoms with van der Waals surface area (Å²) < 4.78 is 22.0. The van der Waals surface area contributed by atoms with E-state index in [0.29, 0.717) is 24.3 Å². The molecule has 6 nitrogen and oxygen atoms in total. The van der Waals surface area contributed by atoms with E-state index in [0.717, 1.165) is 25.7 Å². The van der Waals surface area contributed by atoms with Crippen LogP contribution in [0.15, 0.2) is 48.5 Å². The molecule has 2 atom stereocenters. The Kier molecular flexibility index (Phi) is 8.70. The molecule has 0 aliphatic heterocycles. The first-order chi connectivity index (χ1) is 17.2. The molecule has 2 unspecified atom stereocenters. The molecule has 0 heterocycles. The van der Waals surface area contributed by atoms with Crippen LogP contribution in [0.5, 0.6) is 11.5 Å². The van der Waals surface area contributed by atoms with Gasteiger partial charge in [0.2, 0.25) is 11.2 Å². The summed E-state index contributed by atoms with van der Waals surface area (Å²) in [4.78, 5) is 24.4. The Morgan fingerprint density at radius 3 is 1.36 bits per heavy atom. The fraction of sp³-hybridized carbons (Fsp3) is 0.533. The molecule has 1 fully saturated rings. The topological polar surface area (TPSA) is 71.1 Å². The summed E-state index contributed by atoms with van der Waals surface area (Å²) in [6.45, 7) is 7.32. The van der Waals surface area contributed by atoms with Gasteiger partial charge in [-0.15, -0.1) is 0 Å². The van der Waals surface area contributed by atoms with Crippen LogP contribution in [0.1, 0.15) is 83.8 Å². The molecule has 2 aromatic rings. The van der Waals surface area contributed by atoms with E-state index in [-0.39, 0.29) is 17.4 Å². The van der Waals surface area contributed by atoms with Crippen LogP contribution in [0, 0.1) is 0 Å². The summed E-state index contributed by atoms with van der Waals surface area (Å²) in [6, 6.07) is 16.2. The lowest BCUT2D eigenvalue weighted by Gasteiger charge is -2.39. The normalized spacial score (nSPS) is 18.3. The highest BCUT2D eigenvalue weighted by Crippen LogP contribution is 2.46. The molecule has 6 heteroatoms. The van der Waals surface area contributed by atoms with Gasteiger partial charge in [-0.1, -0.05) is 57.4 Å². The lowest BCUT2D eigenvalue weighted by atomic mass is 9.65. The predicted octanol–water partition coefficient (Wildman–Crippen LogP) is 6.38. The van der Waals surface area contributed by atoms with Crippen molar-refractivity contribution in [3.63, 3.8) is 0 Å². The Hall–Kier alpha value is -3.02. The molecule has 0 aromatic heterocycles. The molecule has 0 radical (unpaired) electrons. The first kappa shape index (κ1) is 27.6. The second kappa shape index (κ2) is 11.4. The highest BCUT2D eigenvalue weighted by molar-refractivity contribution is 5.79. The molecule has 1 aliphatic rings. The van der Waals surface area contributed by atoms with E-state index in [1.807, 2.05) is 38.1 Å². The molecular formula is C30H40O6. The van der Waals surface area contributed by atoms with E-state index in [9.17, 15) is 9.59 Å². The molecule has 3 rings (SSSR count). The van der Waals surface area contributed by atoms with Crippen LogP contribution in [-0.4, -0.2) is 37.4 Å². The number of carbonyl (C=O) groups is 2. The summed E-state index contributed by atoms with van der Waals surface area (Å²) >= 11 is 0. The van der Waals surface area contributed by atoms with Crippen molar-refractivity contribution in [1.82, 2.24) is 0 Å². The number of benzene rings is 2. The third kappa shape index (κ3) is 5.53. The number of esters is 2. The minimum atomic E-state index is -1.02. The quantitative estimate of drug-likeness (QED) is 0.356. The van der Waals surface area contributed by atoms with Gasteiger partial charge < -0.3 is 18.9 Å². The lowest BCUT2D eigenvalue weighted by molar-refractivity contribution is -0.158. The third-order valence-electron chi connectivity index (χ3n) is 7.79. The molecule has 0 amide bonds. The van der Waals surface area contributed by atoms with Gasteiger partial charge in [0.05, 0.1) is 14.2 Å². The smallest absolute Gasteiger partial charge is 0.349 e. The van der Waals surface area contributed by atoms with Crippen LogP contribution in [-0.2, 0) is 24.5 Å². The van der Waals surface area contributed by atoms with Crippen LogP contribution in [0.2, 0.25) is 0 Å². The molecule has 2 aromatic carbocycles. The molecule has 0 bridgehead atoms. The summed E-state index contributed by atoms with van der Waals surface area (Å²) in [5.41, 5.74) is 0.305. The van der Waals surface area contributed by atoms with Gasteiger partial charge in [-0.05, 0) is 74.9 Å². The number of ether oxygens (including phenoxy) is 4. The Bertz CT molecular complexity index is 945. The second-order valence-corrected chi connectivity index (χ2v) is 10.0. The van der Waals surface area contributed by atoms with Crippen molar-refractivity contribution in [2.75, 3.05) is 14.2 Å². The van der Waals surface area contributed by atoms with Crippen molar-refractivity contribution in [2.24, 2.45) is 0 Å². The van der Waals surface area contributed by atoms with E-state index in [2.05, 4.69) is 24.3 Å². The van der Waals surface area contributed by atoms with Gasteiger partial charge in [-0.2, -0.15) is 0 Å². The fourth-order valence-corrected chi connectivity index (χ4v) is 5.05. The molecule has 0 N–H and O–H groups in total. The van der Waals surface area contributed by atoms with Gasteiger partial charge in [0.15, 0.2) is 0 Å². The van der Waals surface area contributed by atoms with Crippen molar-refractivity contribution in [3.8, 4) is 11.5 Å². The SMILES string of the molecule is CCC(C)(Oc1ccc(C2(c3ccc(OC(C)(CC)C(=O)OC)cc3)CCCCC2)cc1)C(=O)OC. The first-order valence-corrected chi connectivity index (χ1v) is 12.9. The third-order valence-corrected chi connectivity index (χ3v) is 7.79. The van der Waals surface area contributed by atoms with Crippen LogP contribution in [0.3, 0.4) is 0 Å². The number of hydrogen-bond donors (Lipinski definition) is 0. The first-order valence-electron chi connectivity index (χ1n) is 12.9. The zero-order valence-corrected chi connectivity index (χ0v) is 22.5.